The van der Waals surface area contributed by atoms with Crippen molar-refractivity contribution in [2.45, 2.75) is 6.54 Å². The van der Waals surface area contributed by atoms with Crippen LogP contribution >= 0.6 is 11.3 Å². The molecule has 0 amide bonds. The molecule has 0 saturated carbocycles. The Balaban J connectivity index is 2.24. The number of rotatable bonds is 4. The standard InChI is InChI=1S/C10H9BF3N2S/c1-8(11(12,13)14)7-16-5-4-15-10(16)9-3-2-6-17-9/h2-6H,1,7H2/q-1. The number of halogens is 3. The van der Waals surface area contributed by atoms with Gasteiger partial charge in [0.15, 0.2) is 0 Å². The Bertz CT molecular complexity index is 516. The Labute approximate surface area is 100 Å². The van der Waals surface area contributed by atoms with Gasteiger partial charge < -0.3 is 17.5 Å². The van der Waals surface area contributed by atoms with E-state index in [0.29, 0.717) is 5.82 Å². The van der Waals surface area contributed by atoms with Crippen LogP contribution in [0.5, 0.6) is 0 Å². The van der Waals surface area contributed by atoms with Gasteiger partial charge in [0.25, 0.3) is 0 Å². The smallest absolute Gasteiger partial charge is 0.445 e. The summed E-state index contributed by atoms with van der Waals surface area (Å²) in [5, 5.41) is 1.86. The van der Waals surface area contributed by atoms with E-state index >= 15 is 0 Å². The average molecular weight is 257 g/mol. The van der Waals surface area contributed by atoms with E-state index in [1.165, 1.54) is 28.3 Å². The Kier molecular flexibility index (Phi) is 3.10. The van der Waals surface area contributed by atoms with Crippen molar-refractivity contribution >= 4 is 18.3 Å². The van der Waals surface area contributed by atoms with Gasteiger partial charge in [-0.25, -0.2) is 4.98 Å². The maximum absolute atomic E-state index is 12.4. The molecule has 0 unspecified atom stereocenters. The van der Waals surface area contributed by atoms with E-state index in [0.717, 1.165) is 4.88 Å². The Morgan fingerprint density at radius 1 is 1.47 bits per heavy atom. The van der Waals surface area contributed by atoms with E-state index in [9.17, 15) is 12.9 Å². The molecule has 0 aliphatic heterocycles. The number of hydrogen-bond acceptors (Lipinski definition) is 2. The van der Waals surface area contributed by atoms with E-state index in [4.69, 9.17) is 0 Å². The molecule has 0 aliphatic rings. The summed E-state index contributed by atoms with van der Waals surface area (Å²) in [4.78, 5) is 4.91. The second-order valence-corrected chi connectivity index (χ2v) is 4.54. The zero-order valence-corrected chi connectivity index (χ0v) is 9.63. The molecular formula is C10H9BF3N2S-. The summed E-state index contributed by atoms with van der Waals surface area (Å²) in [5.41, 5.74) is -0.721. The first-order valence-electron chi connectivity index (χ1n) is 4.91. The summed E-state index contributed by atoms with van der Waals surface area (Å²) in [6.07, 6.45) is 3.02. The molecule has 0 saturated heterocycles. The van der Waals surface area contributed by atoms with Crippen molar-refractivity contribution < 1.29 is 12.9 Å². The molecule has 2 nitrogen and oxygen atoms in total. The minimum Gasteiger partial charge on any atom is -0.445 e. The number of imidazole rings is 1. The van der Waals surface area contributed by atoms with Crippen LogP contribution in [0.15, 0.2) is 42.0 Å². The second kappa shape index (κ2) is 4.41. The summed E-state index contributed by atoms with van der Waals surface area (Å²) < 4.78 is 38.8. The van der Waals surface area contributed by atoms with Gasteiger partial charge in [-0.15, -0.1) is 23.4 Å². The minimum absolute atomic E-state index is 0.267. The largest absolute Gasteiger partial charge is 0.506 e. The van der Waals surface area contributed by atoms with E-state index in [1.54, 1.807) is 0 Å². The third-order valence-electron chi connectivity index (χ3n) is 2.29. The Morgan fingerprint density at radius 3 is 2.82 bits per heavy atom. The molecule has 7 heteroatoms. The van der Waals surface area contributed by atoms with Crippen LogP contribution in [-0.2, 0) is 6.54 Å². The highest BCUT2D eigenvalue weighted by molar-refractivity contribution is 7.13. The topological polar surface area (TPSA) is 17.8 Å². The lowest BCUT2D eigenvalue weighted by Gasteiger charge is -2.19. The number of hydrogen-bond donors (Lipinski definition) is 0. The highest BCUT2D eigenvalue weighted by Crippen LogP contribution is 2.25. The molecule has 0 aliphatic carbocycles. The molecule has 0 aromatic carbocycles. The molecule has 0 spiro atoms. The maximum Gasteiger partial charge on any atom is 0.506 e. The summed E-state index contributed by atoms with van der Waals surface area (Å²) in [6, 6.07) is 3.66. The molecule has 0 radical (unpaired) electrons. The lowest BCUT2D eigenvalue weighted by molar-refractivity contribution is 0.483. The summed E-state index contributed by atoms with van der Waals surface area (Å²) in [7, 11) is 0. The van der Waals surface area contributed by atoms with Gasteiger partial charge >= 0.3 is 6.98 Å². The molecule has 2 aromatic heterocycles. The normalized spacial score (nSPS) is 11.7. The molecule has 90 valence electrons. The highest BCUT2D eigenvalue weighted by Gasteiger charge is 2.27. The first-order valence-corrected chi connectivity index (χ1v) is 5.79. The first kappa shape index (κ1) is 12.0. The molecule has 2 heterocycles. The number of aromatic nitrogens is 2. The van der Waals surface area contributed by atoms with Crippen LogP contribution in [0.25, 0.3) is 10.7 Å². The monoisotopic (exact) mass is 257 g/mol. The van der Waals surface area contributed by atoms with Crippen LogP contribution < -0.4 is 0 Å². The fraction of sp³-hybridized carbons (Fsp3) is 0.100. The molecule has 0 atom stereocenters. The predicted octanol–water partition coefficient (Wildman–Crippen LogP) is 3.55. The average Bonchev–Trinajstić information content (AvgIpc) is 2.83. The van der Waals surface area contributed by atoms with Gasteiger partial charge in [-0.2, -0.15) is 0 Å². The van der Waals surface area contributed by atoms with E-state index < -0.39 is 12.4 Å². The van der Waals surface area contributed by atoms with Gasteiger partial charge in [0.1, 0.15) is 5.82 Å². The van der Waals surface area contributed by atoms with E-state index in [-0.39, 0.29) is 6.54 Å². The van der Waals surface area contributed by atoms with Crippen molar-refractivity contribution in [3.8, 4) is 10.7 Å². The van der Waals surface area contributed by atoms with Gasteiger partial charge in [-0.1, -0.05) is 6.07 Å². The van der Waals surface area contributed by atoms with Gasteiger partial charge in [-0.3, -0.25) is 0 Å². The zero-order valence-electron chi connectivity index (χ0n) is 8.81. The van der Waals surface area contributed by atoms with Gasteiger partial charge in [0.05, 0.1) is 4.88 Å². The van der Waals surface area contributed by atoms with Crippen LogP contribution in [0.3, 0.4) is 0 Å². The number of thiophene rings is 1. The first-order chi connectivity index (χ1) is 7.98. The molecule has 2 aromatic rings. The summed E-state index contributed by atoms with van der Waals surface area (Å²) in [6.45, 7) is -2.18. The molecule has 2 rings (SSSR count). The molecular weight excluding hydrogens is 248 g/mol. The lowest BCUT2D eigenvalue weighted by atomic mass is 9.80. The van der Waals surface area contributed by atoms with Crippen LogP contribution in [0.2, 0.25) is 0 Å². The van der Waals surface area contributed by atoms with Crippen molar-refractivity contribution in [1.29, 1.82) is 0 Å². The van der Waals surface area contributed by atoms with E-state index in [1.807, 2.05) is 17.5 Å². The van der Waals surface area contributed by atoms with Crippen LogP contribution in [0.1, 0.15) is 0 Å². The molecule has 0 fully saturated rings. The maximum atomic E-state index is 12.4. The fourth-order valence-electron chi connectivity index (χ4n) is 1.39. The molecule has 0 N–H and O–H groups in total. The Hall–Kier alpha value is -1.50. The van der Waals surface area contributed by atoms with Crippen molar-refractivity contribution in [1.82, 2.24) is 9.55 Å². The highest BCUT2D eigenvalue weighted by atomic mass is 32.1. The summed E-state index contributed by atoms with van der Waals surface area (Å²) in [5.74, 6) is 0.543. The predicted molar refractivity (Wildman–Crippen MR) is 63.8 cm³/mol. The quantitative estimate of drug-likeness (QED) is 0.766. The van der Waals surface area contributed by atoms with Crippen LogP contribution in [-0.4, -0.2) is 16.5 Å². The van der Waals surface area contributed by atoms with Crippen LogP contribution in [0, 0.1) is 0 Å². The van der Waals surface area contributed by atoms with Crippen molar-refractivity contribution in [3.05, 3.63) is 42.0 Å². The van der Waals surface area contributed by atoms with Crippen LogP contribution in [0.4, 0.5) is 12.9 Å². The van der Waals surface area contributed by atoms with E-state index in [2.05, 4.69) is 11.6 Å². The summed E-state index contributed by atoms with van der Waals surface area (Å²) >= 11 is 1.44. The van der Waals surface area contributed by atoms with Crippen molar-refractivity contribution in [2.75, 3.05) is 0 Å². The van der Waals surface area contributed by atoms with Crippen molar-refractivity contribution in [3.63, 3.8) is 0 Å². The SMILES string of the molecule is C=C(Cn1ccnc1-c1cccs1)[B-](F)(F)F. The van der Waals surface area contributed by atoms with Gasteiger partial charge in [0, 0.05) is 18.9 Å². The number of nitrogens with zero attached hydrogens (tertiary/aromatic N) is 2. The lowest BCUT2D eigenvalue weighted by Crippen LogP contribution is -2.22. The number of allylic oxidation sites excluding steroid dienone is 1. The molecule has 17 heavy (non-hydrogen) atoms. The minimum atomic E-state index is -4.99. The Morgan fingerprint density at radius 2 is 2.24 bits per heavy atom. The second-order valence-electron chi connectivity index (χ2n) is 3.59. The van der Waals surface area contributed by atoms with Gasteiger partial charge in [0.2, 0.25) is 0 Å². The van der Waals surface area contributed by atoms with Crippen molar-refractivity contribution in [2.24, 2.45) is 0 Å². The third-order valence-corrected chi connectivity index (χ3v) is 3.16. The molecule has 0 bridgehead atoms. The zero-order chi connectivity index (χ0) is 12.5. The fourth-order valence-corrected chi connectivity index (χ4v) is 2.13. The van der Waals surface area contributed by atoms with Gasteiger partial charge in [-0.05, 0) is 11.4 Å². The third kappa shape index (κ3) is 2.61.